The van der Waals surface area contributed by atoms with Crippen molar-refractivity contribution in [2.45, 2.75) is 25.9 Å². The zero-order valence-corrected chi connectivity index (χ0v) is 7.86. The molecule has 0 saturated carbocycles. The van der Waals surface area contributed by atoms with Gasteiger partial charge in [-0.2, -0.15) is 0 Å². The van der Waals surface area contributed by atoms with Crippen LogP contribution in [0, 0.1) is 0 Å². The maximum absolute atomic E-state index is 5.56. The van der Waals surface area contributed by atoms with Gasteiger partial charge in [0.1, 0.15) is 6.10 Å². The van der Waals surface area contributed by atoms with E-state index in [9.17, 15) is 0 Å². The Hall–Kier alpha value is -1.24. The second kappa shape index (κ2) is 3.65. The summed E-state index contributed by atoms with van der Waals surface area (Å²) in [5.41, 5.74) is 2.62. The van der Waals surface area contributed by atoms with Gasteiger partial charge in [0, 0.05) is 0 Å². The number of rotatable bonds is 2. The molecule has 0 aromatic heterocycles. The number of fused-ring (bicyclic) bond motifs is 1. The number of hydrogen-bond acceptors (Lipinski definition) is 1. The highest BCUT2D eigenvalue weighted by molar-refractivity contribution is 5.55. The molecule has 1 aliphatic heterocycles. The van der Waals surface area contributed by atoms with Gasteiger partial charge < -0.3 is 4.74 Å². The fourth-order valence-electron chi connectivity index (χ4n) is 1.72. The van der Waals surface area contributed by atoms with E-state index in [2.05, 4.69) is 31.2 Å². The van der Waals surface area contributed by atoms with E-state index in [-0.39, 0.29) is 6.10 Å². The Kier molecular flexibility index (Phi) is 2.35. The van der Waals surface area contributed by atoms with Crippen LogP contribution in [0.5, 0.6) is 0 Å². The van der Waals surface area contributed by atoms with E-state index < -0.39 is 0 Å². The van der Waals surface area contributed by atoms with Gasteiger partial charge in [-0.05, 0) is 23.6 Å². The van der Waals surface area contributed by atoms with Crippen LogP contribution in [0.25, 0.3) is 6.08 Å². The molecule has 68 valence electrons. The lowest BCUT2D eigenvalue weighted by atomic mass is 9.98. The summed E-state index contributed by atoms with van der Waals surface area (Å²) in [5.74, 6) is 0. The third-order valence-corrected chi connectivity index (χ3v) is 2.38. The largest absolute Gasteiger partial charge is 0.493 e. The van der Waals surface area contributed by atoms with Gasteiger partial charge in [-0.3, -0.25) is 0 Å². The molecule has 0 radical (unpaired) electrons. The van der Waals surface area contributed by atoms with E-state index in [0.717, 1.165) is 12.8 Å². The maximum atomic E-state index is 5.56. The molecule has 1 aromatic rings. The van der Waals surface area contributed by atoms with Gasteiger partial charge in [0.15, 0.2) is 0 Å². The molecule has 1 nitrogen and oxygen atoms in total. The van der Waals surface area contributed by atoms with Crippen molar-refractivity contribution in [3.8, 4) is 0 Å². The third kappa shape index (κ3) is 1.59. The first-order valence-electron chi connectivity index (χ1n) is 4.82. The fraction of sp³-hybridized carbons (Fsp3) is 0.333. The van der Waals surface area contributed by atoms with E-state index in [1.807, 2.05) is 12.3 Å². The Balaban J connectivity index is 2.32. The smallest absolute Gasteiger partial charge is 0.123 e. The van der Waals surface area contributed by atoms with E-state index in [0.29, 0.717) is 0 Å². The summed E-state index contributed by atoms with van der Waals surface area (Å²) in [6, 6.07) is 8.43. The molecule has 0 N–H and O–H groups in total. The molecule has 1 atom stereocenters. The average Bonchev–Trinajstić information content (AvgIpc) is 2.19. The lowest BCUT2D eigenvalue weighted by molar-refractivity contribution is 0.134. The Labute approximate surface area is 79.0 Å². The molecule has 1 unspecified atom stereocenters. The van der Waals surface area contributed by atoms with Crippen LogP contribution in [0.2, 0.25) is 0 Å². The summed E-state index contributed by atoms with van der Waals surface area (Å²) in [7, 11) is 0. The molecule has 1 heteroatoms. The van der Waals surface area contributed by atoms with Crippen LogP contribution in [0.15, 0.2) is 30.5 Å². The van der Waals surface area contributed by atoms with Gasteiger partial charge in [-0.1, -0.05) is 37.6 Å². The van der Waals surface area contributed by atoms with Crippen LogP contribution < -0.4 is 0 Å². The van der Waals surface area contributed by atoms with Crippen molar-refractivity contribution in [2.24, 2.45) is 0 Å². The highest BCUT2D eigenvalue weighted by Crippen LogP contribution is 2.30. The van der Waals surface area contributed by atoms with Crippen LogP contribution in [0.1, 0.15) is 37.0 Å². The zero-order chi connectivity index (χ0) is 9.10. The molecule has 0 aliphatic carbocycles. The van der Waals surface area contributed by atoms with Gasteiger partial charge in [0.2, 0.25) is 0 Å². The van der Waals surface area contributed by atoms with Crippen molar-refractivity contribution in [1.29, 1.82) is 0 Å². The second-order valence-electron chi connectivity index (χ2n) is 3.35. The van der Waals surface area contributed by atoms with Crippen LogP contribution in [-0.2, 0) is 4.74 Å². The lowest BCUT2D eigenvalue weighted by Crippen LogP contribution is -2.05. The van der Waals surface area contributed by atoms with Crippen molar-refractivity contribution in [3.63, 3.8) is 0 Å². The van der Waals surface area contributed by atoms with Crippen molar-refractivity contribution >= 4 is 6.08 Å². The molecule has 0 bridgehead atoms. The van der Waals surface area contributed by atoms with Gasteiger partial charge in [-0.25, -0.2) is 0 Å². The topological polar surface area (TPSA) is 9.23 Å². The van der Waals surface area contributed by atoms with Gasteiger partial charge in [0.25, 0.3) is 0 Å². The number of ether oxygens (including phenoxy) is 1. The molecular weight excluding hydrogens is 160 g/mol. The molecule has 0 amide bonds. The van der Waals surface area contributed by atoms with Crippen molar-refractivity contribution in [2.75, 3.05) is 0 Å². The predicted octanol–water partition coefficient (Wildman–Crippen LogP) is 3.53. The summed E-state index contributed by atoms with van der Waals surface area (Å²) < 4.78 is 5.56. The molecular formula is C12H14O. The monoisotopic (exact) mass is 174 g/mol. The molecule has 1 aliphatic rings. The summed E-state index contributed by atoms with van der Waals surface area (Å²) in [6.07, 6.45) is 6.37. The van der Waals surface area contributed by atoms with Crippen molar-refractivity contribution in [1.82, 2.24) is 0 Å². The predicted molar refractivity (Wildman–Crippen MR) is 54.2 cm³/mol. The van der Waals surface area contributed by atoms with Gasteiger partial charge in [-0.15, -0.1) is 0 Å². The van der Waals surface area contributed by atoms with Crippen LogP contribution in [0.4, 0.5) is 0 Å². The van der Waals surface area contributed by atoms with Crippen molar-refractivity contribution < 1.29 is 4.74 Å². The zero-order valence-electron chi connectivity index (χ0n) is 7.86. The van der Waals surface area contributed by atoms with Crippen LogP contribution in [0.3, 0.4) is 0 Å². The normalized spacial score (nSPS) is 19.3. The quantitative estimate of drug-likeness (QED) is 0.666. The Bertz CT molecular complexity index is 315. The van der Waals surface area contributed by atoms with Crippen LogP contribution >= 0.6 is 0 Å². The van der Waals surface area contributed by atoms with Gasteiger partial charge >= 0.3 is 0 Å². The highest BCUT2D eigenvalue weighted by Gasteiger charge is 2.15. The summed E-state index contributed by atoms with van der Waals surface area (Å²) >= 11 is 0. The Morgan fingerprint density at radius 1 is 1.31 bits per heavy atom. The Morgan fingerprint density at radius 3 is 3.00 bits per heavy atom. The fourth-order valence-corrected chi connectivity index (χ4v) is 1.72. The second-order valence-corrected chi connectivity index (χ2v) is 3.35. The highest BCUT2D eigenvalue weighted by atomic mass is 16.5. The summed E-state index contributed by atoms with van der Waals surface area (Å²) in [4.78, 5) is 0. The van der Waals surface area contributed by atoms with Crippen LogP contribution in [-0.4, -0.2) is 0 Å². The SMILES string of the molecule is CCCC1OC=Cc2ccccc21. The first-order chi connectivity index (χ1) is 6.42. The maximum Gasteiger partial charge on any atom is 0.123 e. The lowest BCUT2D eigenvalue weighted by Gasteiger charge is -2.21. The molecule has 1 heterocycles. The minimum absolute atomic E-state index is 0.270. The van der Waals surface area contributed by atoms with Crippen molar-refractivity contribution in [3.05, 3.63) is 41.7 Å². The minimum atomic E-state index is 0.270. The van der Waals surface area contributed by atoms with E-state index in [1.165, 1.54) is 11.1 Å². The molecule has 0 saturated heterocycles. The third-order valence-electron chi connectivity index (χ3n) is 2.38. The number of hydrogen-bond donors (Lipinski definition) is 0. The summed E-state index contributed by atoms with van der Waals surface area (Å²) in [6.45, 7) is 2.18. The van der Waals surface area contributed by atoms with E-state index in [4.69, 9.17) is 4.74 Å². The molecule has 0 spiro atoms. The van der Waals surface area contributed by atoms with Gasteiger partial charge in [0.05, 0.1) is 6.26 Å². The minimum Gasteiger partial charge on any atom is -0.493 e. The average molecular weight is 174 g/mol. The first-order valence-corrected chi connectivity index (χ1v) is 4.82. The standard InChI is InChI=1S/C12H14O/c1-2-5-12-11-7-4-3-6-10(11)8-9-13-12/h3-4,6-9,12H,2,5H2,1H3. The molecule has 2 rings (SSSR count). The molecule has 0 fully saturated rings. The Morgan fingerprint density at radius 2 is 2.15 bits per heavy atom. The molecule has 1 aromatic carbocycles. The number of benzene rings is 1. The van der Waals surface area contributed by atoms with E-state index in [1.54, 1.807) is 0 Å². The molecule has 13 heavy (non-hydrogen) atoms. The first kappa shape index (κ1) is 8.36. The van der Waals surface area contributed by atoms with E-state index >= 15 is 0 Å². The summed E-state index contributed by atoms with van der Waals surface area (Å²) in [5, 5.41) is 0.